The minimum atomic E-state index is 0.0601. The Hall–Kier alpha value is -0.470. The number of ether oxygens (including phenoxy) is 1. The maximum atomic E-state index is 6.05. The van der Waals surface area contributed by atoms with Crippen LogP contribution in [0.2, 0.25) is 0 Å². The van der Waals surface area contributed by atoms with Crippen LogP contribution in [0.1, 0.15) is 30.5 Å². The van der Waals surface area contributed by atoms with E-state index in [0.717, 1.165) is 31.0 Å². The standard InChI is InChI=1S/C10H13ClO2/c1-7-2-3-9(13-7)10-6-8(11)4-5-12-10/h2-3,8,10H,4-6H2,1H3. The summed E-state index contributed by atoms with van der Waals surface area (Å²) in [7, 11) is 0. The third-order valence-electron chi connectivity index (χ3n) is 2.30. The second-order valence-electron chi connectivity index (χ2n) is 3.43. The van der Waals surface area contributed by atoms with E-state index in [4.69, 9.17) is 20.8 Å². The topological polar surface area (TPSA) is 22.4 Å². The number of furan rings is 1. The van der Waals surface area contributed by atoms with E-state index in [0.29, 0.717) is 0 Å². The number of alkyl halides is 1. The highest BCUT2D eigenvalue weighted by Gasteiger charge is 2.24. The summed E-state index contributed by atoms with van der Waals surface area (Å²) in [4.78, 5) is 0. The molecule has 0 N–H and O–H groups in total. The summed E-state index contributed by atoms with van der Waals surface area (Å²) in [5.74, 6) is 1.83. The Morgan fingerprint density at radius 1 is 1.46 bits per heavy atom. The molecule has 1 saturated heterocycles. The van der Waals surface area contributed by atoms with Crippen LogP contribution in [-0.2, 0) is 4.74 Å². The lowest BCUT2D eigenvalue weighted by molar-refractivity contribution is 0.00327. The average Bonchev–Trinajstić information content (AvgIpc) is 2.52. The number of aryl methyl sites for hydroxylation is 1. The maximum Gasteiger partial charge on any atom is 0.132 e. The van der Waals surface area contributed by atoms with Crippen molar-refractivity contribution in [1.29, 1.82) is 0 Å². The molecule has 1 aliphatic rings. The van der Waals surface area contributed by atoms with Crippen LogP contribution < -0.4 is 0 Å². The Kier molecular flexibility index (Phi) is 2.61. The van der Waals surface area contributed by atoms with Gasteiger partial charge >= 0.3 is 0 Å². The third kappa shape index (κ3) is 2.06. The van der Waals surface area contributed by atoms with Gasteiger partial charge in [0.05, 0.1) is 0 Å². The van der Waals surface area contributed by atoms with E-state index >= 15 is 0 Å². The molecule has 3 heteroatoms. The fraction of sp³-hybridized carbons (Fsp3) is 0.600. The van der Waals surface area contributed by atoms with Crippen LogP contribution in [-0.4, -0.2) is 12.0 Å². The summed E-state index contributed by atoms with van der Waals surface area (Å²) in [6.45, 7) is 2.67. The van der Waals surface area contributed by atoms with Gasteiger partial charge in [0.25, 0.3) is 0 Å². The van der Waals surface area contributed by atoms with Gasteiger partial charge in [-0.25, -0.2) is 0 Å². The molecule has 0 radical (unpaired) electrons. The minimum Gasteiger partial charge on any atom is -0.464 e. The monoisotopic (exact) mass is 200 g/mol. The highest BCUT2D eigenvalue weighted by molar-refractivity contribution is 6.20. The Balaban J connectivity index is 2.08. The zero-order valence-electron chi connectivity index (χ0n) is 7.63. The molecule has 0 spiro atoms. The molecule has 2 atom stereocenters. The van der Waals surface area contributed by atoms with E-state index in [2.05, 4.69) is 0 Å². The third-order valence-corrected chi connectivity index (χ3v) is 2.69. The first-order chi connectivity index (χ1) is 6.25. The van der Waals surface area contributed by atoms with Crippen LogP contribution >= 0.6 is 11.6 Å². The van der Waals surface area contributed by atoms with Crippen LogP contribution in [0.5, 0.6) is 0 Å². The summed E-state index contributed by atoms with van der Waals surface area (Å²) in [5, 5.41) is 0.226. The van der Waals surface area contributed by atoms with Crippen LogP contribution in [0.4, 0.5) is 0 Å². The Morgan fingerprint density at radius 3 is 2.92 bits per heavy atom. The first-order valence-electron chi connectivity index (χ1n) is 4.57. The number of rotatable bonds is 1. The highest BCUT2D eigenvalue weighted by Crippen LogP contribution is 2.31. The molecule has 1 fully saturated rings. The maximum absolute atomic E-state index is 6.05. The fourth-order valence-corrected chi connectivity index (χ4v) is 1.83. The van der Waals surface area contributed by atoms with Gasteiger partial charge in [-0.05, 0) is 31.9 Å². The van der Waals surface area contributed by atoms with Crippen LogP contribution in [0.15, 0.2) is 16.5 Å². The van der Waals surface area contributed by atoms with E-state index in [1.165, 1.54) is 0 Å². The van der Waals surface area contributed by atoms with E-state index < -0.39 is 0 Å². The Bertz CT molecular complexity index is 282. The second-order valence-corrected chi connectivity index (χ2v) is 4.05. The molecule has 0 amide bonds. The minimum absolute atomic E-state index is 0.0601. The van der Waals surface area contributed by atoms with Crippen molar-refractivity contribution >= 4 is 11.6 Å². The number of hydrogen-bond acceptors (Lipinski definition) is 2. The predicted molar refractivity (Wildman–Crippen MR) is 51.0 cm³/mol. The SMILES string of the molecule is Cc1ccc(C2CC(Cl)CCO2)o1. The largest absolute Gasteiger partial charge is 0.464 e. The smallest absolute Gasteiger partial charge is 0.132 e. The van der Waals surface area contributed by atoms with Gasteiger partial charge in [0.15, 0.2) is 0 Å². The molecule has 2 heterocycles. The lowest BCUT2D eigenvalue weighted by Gasteiger charge is -2.24. The van der Waals surface area contributed by atoms with Crippen LogP contribution in [0, 0.1) is 6.92 Å². The lowest BCUT2D eigenvalue weighted by Crippen LogP contribution is -2.19. The van der Waals surface area contributed by atoms with Crippen molar-refractivity contribution in [3.05, 3.63) is 23.7 Å². The number of hydrogen-bond donors (Lipinski definition) is 0. The van der Waals surface area contributed by atoms with E-state index in [-0.39, 0.29) is 11.5 Å². The predicted octanol–water partition coefficient (Wildman–Crippen LogP) is 3.05. The van der Waals surface area contributed by atoms with Crippen molar-refractivity contribution in [2.75, 3.05) is 6.61 Å². The van der Waals surface area contributed by atoms with Crippen molar-refractivity contribution in [3.63, 3.8) is 0 Å². The van der Waals surface area contributed by atoms with E-state index in [9.17, 15) is 0 Å². The lowest BCUT2D eigenvalue weighted by atomic mass is 10.1. The Labute approximate surface area is 82.8 Å². The molecular formula is C10H13ClO2. The first-order valence-corrected chi connectivity index (χ1v) is 5.01. The normalized spacial score (nSPS) is 29.1. The van der Waals surface area contributed by atoms with Gasteiger partial charge in [0.1, 0.15) is 17.6 Å². The molecule has 0 aliphatic carbocycles. The summed E-state index contributed by atoms with van der Waals surface area (Å²) < 4.78 is 11.1. The molecule has 2 unspecified atom stereocenters. The van der Waals surface area contributed by atoms with Gasteiger partial charge in [-0.15, -0.1) is 11.6 Å². The highest BCUT2D eigenvalue weighted by atomic mass is 35.5. The van der Waals surface area contributed by atoms with Crippen molar-refractivity contribution < 1.29 is 9.15 Å². The molecule has 2 rings (SSSR count). The average molecular weight is 201 g/mol. The van der Waals surface area contributed by atoms with Crippen LogP contribution in [0.25, 0.3) is 0 Å². The zero-order valence-corrected chi connectivity index (χ0v) is 8.38. The molecule has 1 aromatic rings. The molecule has 13 heavy (non-hydrogen) atoms. The summed E-state index contributed by atoms with van der Waals surface area (Å²) in [5.41, 5.74) is 0. The number of halogens is 1. The van der Waals surface area contributed by atoms with Gasteiger partial charge in [-0.2, -0.15) is 0 Å². The van der Waals surface area contributed by atoms with Crippen molar-refractivity contribution in [2.45, 2.75) is 31.2 Å². The molecule has 1 aliphatic heterocycles. The van der Waals surface area contributed by atoms with Crippen LogP contribution in [0.3, 0.4) is 0 Å². The summed E-state index contributed by atoms with van der Waals surface area (Å²) in [6, 6.07) is 3.92. The quantitative estimate of drug-likeness (QED) is 0.651. The first kappa shape index (κ1) is 9.10. The van der Waals surface area contributed by atoms with Crippen molar-refractivity contribution in [3.8, 4) is 0 Å². The molecule has 72 valence electrons. The van der Waals surface area contributed by atoms with Gasteiger partial charge in [0, 0.05) is 12.0 Å². The summed E-state index contributed by atoms with van der Waals surface area (Å²) in [6.07, 6.45) is 1.86. The van der Waals surface area contributed by atoms with Gasteiger partial charge in [-0.3, -0.25) is 0 Å². The molecular weight excluding hydrogens is 188 g/mol. The fourth-order valence-electron chi connectivity index (χ4n) is 1.58. The van der Waals surface area contributed by atoms with Crippen molar-refractivity contribution in [1.82, 2.24) is 0 Å². The molecule has 1 aromatic heterocycles. The van der Waals surface area contributed by atoms with Gasteiger partial charge in [-0.1, -0.05) is 0 Å². The summed E-state index contributed by atoms with van der Waals surface area (Å²) >= 11 is 6.05. The Morgan fingerprint density at radius 2 is 2.31 bits per heavy atom. The molecule has 0 bridgehead atoms. The molecule has 0 aromatic carbocycles. The molecule has 0 saturated carbocycles. The van der Waals surface area contributed by atoms with Crippen molar-refractivity contribution in [2.24, 2.45) is 0 Å². The van der Waals surface area contributed by atoms with E-state index in [1.54, 1.807) is 0 Å². The van der Waals surface area contributed by atoms with E-state index in [1.807, 2.05) is 19.1 Å². The molecule has 2 nitrogen and oxygen atoms in total. The zero-order chi connectivity index (χ0) is 9.26. The second kappa shape index (κ2) is 3.72. The van der Waals surface area contributed by atoms with Gasteiger partial charge < -0.3 is 9.15 Å². The van der Waals surface area contributed by atoms with Gasteiger partial charge in [0.2, 0.25) is 0 Å².